The zero-order chi connectivity index (χ0) is 6.53. The molecule has 0 radical (unpaired) electrons. The van der Waals surface area contributed by atoms with Gasteiger partial charge < -0.3 is 9.47 Å². The first-order chi connectivity index (χ1) is 4.43. The fourth-order valence-corrected chi connectivity index (χ4v) is 0.715. The fourth-order valence-electron chi connectivity index (χ4n) is 0.715. The van der Waals surface area contributed by atoms with Gasteiger partial charge in [0.2, 0.25) is 0 Å². The first-order valence-corrected chi connectivity index (χ1v) is 2.90. The van der Waals surface area contributed by atoms with Crippen LogP contribution in [0.15, 0.2) is 0 Å². The van der Waals surface area contributed by atoms with Crippen LogP contribution in [-0.4, -0.2) is 26.1 Å². The molecule has 1 aliphatic rings. The van der Waals surface area contributed by atoms with Crippen molar-refractivity contribution >= 4 is 0 Å². The maximum Gasteiger partial charge on any atom is 0.160 e. The van der Waals surface area contributed by atoms with Gasteiger partial charge in [0.15, 0.2) is 6.29 Å². The van der Waals surface area contributed by atoms with Crippen molar-refractivity contribution in [3.63, 3.8) is 0 Å². The minimum atomic E-state index is -0.249. The normalized spacial score (nSPS) is 21.0. The molecule has 0 N–H and O–H groups in total. The molecule has 3 nitrogen and oxygen atoms in total. The molecule has 0 aromatic heterocycles. The summed E-state index contributed by atoms with van der Waals surface area (Å²) in [5, 5.41) is 0. The molecule has 0 spiro atoms. The van der Waals surface area contributed by atoms with Crippen molar-refractivity contribution in [2.75, 3.05) is 19.8 Å². The summed E-state index contributed by atoms with van der Waals surface area (Å²) < 4.78 is 21.0. The van der Waals surface area contributed by atoms with Gasteiger partial charge in [-0.3, -0.25) is 0 Å². The zero-order valence-corrected chi connectivity index (χ0v) is 5.01. The fraction of sp³-hybridized carbons (Fsp3) is 1.00. The average molecular weight is 136 g/mol. The molecule has 0 bridgehead atoms. The standard InChI is InChI=1S/C5H9FO3/c6-9-2-1-5-7-3-4-8-5/h5H,1-4H2. The van der Waals surface area contributed by atoms with Crippen LogP contribution in [0.1, 0.15) is 6.42 Å². The summed E-state index contributed by atoms with van der Waals surface area (Å²) in [6, 6.07) is 0. The highest BCUT2D eigenvalue weighted by Crippen LogP contribution is 2.07. The Bertz CT molecular complexity index is 72.6. The number of hydrogen-bond donors (Lipinski definition) is 0. The van der Waals surface area contributed by atoms with Crippen LogP contribution in [0.2, 0.25) is 0 Å². The number of ether oxygens (including phenoxy) is 2. The summed E-state index contributed by atoms with van der Waals surface area (Å²) in [5.41, 5.74) is 0. The highest BCUT2D eigenvalue weighted by Gasteiger charge is 2.14. The van der Waals surface area contributed by atoms with Gasteiger partial charge >= 0.3 is 0 Å². The molecule has 4 heteroatoms. The third kappa shape index (κ3) is 2.26. The van der Waals surface area contributed by atoms with E-state index >= 15 is 0 Å². The molecule has 1 rings (SSSR count). The van der Waals surface area contributed by atoms with Crippen molar-refractivity contribution in [2.24, 2.45) is 0 Å². The Morgan fingerprint density at radius 3 is 2.67 bits per heavy atom. The lowest BCUT2D eigenvalue weighted by Crippen LogP contribution is -2.09. The van der Waals surface area contributed by atoms with Crippen LogP contribution in [0.3, 0.4) is 0 Å². The minimum absolute atomic E-state index is 0.0463. The Hall–Kier alpha value is -0.190. The Kier molecular flexibility index (Phi) is 2.90. The molecule has 9 heavy (non-hydrogen) atoms. The van der Waals surface area contributed by atoms with E-state index in [0.29, 0.717) is 19.6 Å². The van der Waals surface area contributed by atoms with Crippen molar-refractivity contribution in [1.82, 2.24) is 0 Å². The number of hydrogen-bond acceptors (Lipinski definition) is 3. The van der Waals surface area contributed by atoms with Crippen LogP contribution in [0.4, 0.5) is 4.53 Å². The van der Waals surface area contributed by atoms with Gasteiger partial charge in [0, 0.05) is 6.42 Å². The van der Waals surface area contributed by atoms with E-state index in [-0.39, 0.29) is 12.9 Å². The summed E-state index contributed by atoms with van der Waals surface area (Å²) >= 11 is 0. The van der Waals surface area contributed by atoms with E-state index in [1.165, 1.54) is 0 Å². The van der Waals surface area contributed by atoms with Gasteiger partial charge in [-0.15, -0.1) is 0 Å². The predicted octanol–water partition coefficient (Wildman–Crippen LogP) is 0.650. The summed E-state index contributed by atoms with van der Waals surface area (Å²) in [6.07, 6.45) is 0.219. The van der Waals surface area contributed by atoms with E-state index in [9.17, 15) is 4.53 Å². The molecule has 0 aromatic carbocycles. The lowest BCUT2D eigenvalue weighted by Gasteiger charge is -2.04. The molecule has 1 fully saturated rings. The highest BCUT2D eigenvalue weighted by atomic mass is 19.3. The van der Waals surface area contributed by atoms with Crippen LogP contribution >= 0.6 is 0 Å². The van der Waals surface area contributed by atoms with Crippen molar-refractivity contribution in [3.8, 4) is 0 Å². The number of halogens is 1. The van der Waals surface area contributed by atoms with Gasteiger partial charge in [-0.05, 0) is 4.53 Å². The van der Waals surface area contributed by atoms with Gasteiger partial charge in [-0.1, -0.05) is 0 Å². The topological polar surface area (TPSA) is 27.7 Å². The molecule has 0 amide bonds. The molecule has 1 heterocycles. The Morgan fingerprint density at radius 2 is 2.11 bits per heavy atom. The summed E-state index contributed by atoms with van der Waals surface area (Å²) in [6.45, 7) is 1.26. The molecule has 0 aliphatic carbocycles. The van der Waals surface area contributed by atoms with E-state index in [1.807, 2.05) is 0 Å². The third-order valence-corrected chi connectivity index (χ3v) is 1.12. The molecule has 1 aliphatic heterocycles. The Labute approximate surface area is 52.6 Å². The quantitative estimate of drug-likeness (QED) is 0.570. The predicted molar refractivity (Wildman–Crippen MR) is 27.4 cm³/mol. The second-order valence-electron chi connectivity index (χ2n) is 1.77. The second kappa shape index (κ2) is 3.76. The molecular formula is C5H9FO3. The third-order valence-electron chi connectivity index (χ3n) is 1.12. The Balaban J connectivity index is 1.98. The SMILES string of the molecule is FOCCC1OCCO1. The van der Waals surface area contributed by atoms with Gasteiger partial charge in [0.1, 0.15) is 0 Å². The van der Waals surface area contributed by atoms with E-state index in [0.717, 1.165) is 0 Å². The van der Waals surface area contributed by atoms with E-state index in [2.05, 4.69) is 4.94 Å². The van der Waals surface area contributed by atoms with Gasteiger partial charge in [-0.25, -0.2) is 0 Å². The summed E-state index contributed by atoms with van der Waals surface area (Å²) in [5.74, 6) is 0. The zero-order valence-electron chi connectivity index (χ0n) is 5.01. The molecule has 0 saturated carbocycles. The maximum absolute atomic E-state index is 11.0. The average Bonchev–Trinajstić information content (AvgIpc) is 2.34. The first kappa shape index (κ1) is 6.92. The molecule has 0 atom stereocenters. The maximum atomic E-state index is 11.0. The van der Waals surface area contributed by atoms with Gasteiger partial charge in [-0.2, -0.15) is 4.94 Å². The molecular weight excluding hydrogens is 127 g/mol. The van der Waals surface area contributed by atoms with Crippen molar-refractivity contribution in [2.45, 2.75) is 12.7 Å². The lowest BCUT2D eigenvalue weighted by molar-refractivity contribution is -0.154. The smallest absolute Gasteiger partial charge is 0.160 e. The molecule has 54 valence electrons. The van der Waals surface area contributed by atoms with E-state index < -0.39 is 0 Å². The van der Waals surface area contributed by atoms with Crippen LogP contribution in [0.5, 0.6) is 0 Å². The van der Waals surface area contributed by atoms with Crippen molar-refractivity contribution in [3.05, 3.63) is 0 Å². The van der Waals surface area contributed by atoms with Crippen LogP contribution in [0.25, 0.3) is 0 Å². The molecule has 1 saturated heterocycles. The van der Waals surface area contributed by atoms with Gasteiger partial charge in [0.25, 0.3) is 0 Å². The monoisotopic (exact) mass is 136 g/mol. The molecule has 0 unspecified atom stereocenters. The summed E-state index contributed by atoms with van der Waals surface area (Å²) in [7, 11) is 0. The van der Waals surface area contributed by atoms with Crippen LogP contribution < -0.4 is 0 Å². The van der Waals surface area contributed by atoms with Crippen LogP contribution in [-0.2, 0) is 14.4 Å². The largest absolute Gasteiger partial charge is 0.350 e. The van der Waals surface area contributed by atoms with Gasteiger partial charge in [0.05, 0.1) is 19.8 Å². The van der Waals surface area contributed by atoms with E-state index in [4.69, 9.17) is 9.47 Å². The number of rotatable bonds is 3. The lowest BCUT2D eigenvalue weighted by atomic mass is 10.4. The Morgan fingerprint density at radius 1 is 1.44 bits per heavy atom. The van der Waals surface area contributed by atoms with Crippen molar-refractivity contribution in [1.29, 1.82) is 0 Å². The van der Waals surface area contributed by atoms with Crippen molar-refractivity contribution < 1.29 is 18.9 Å². The van der Waals surface area contributed by atoms with E-state index in [1.54, 1.807) is 0 Å². The minimum Gasteiger partial charge on any atom is -0.350 e. The second-order valence-corrected chi connectivity index (χ2v) is 1.77. The highest BCUT2D eigenvalue weighted by molar-refractivity contribution is 4.49. The van der Waals surface area contributed by atoms with Crippen LogP contribution in [0, 0.1) is 0 Å². The molecule has 0 aromatic rings. The summed E-state index contributed by atoms with van der Waals surface area (Å²) in [4.78, 5) is 3.34. The first-order valence-electron chi connectivity index (χ1n) is 2.90.